The Hall–Kier alpha value is -2.22. The quantitative estimate of drug-likeness (QED) is 0.498. The molecule has 0 saturated carbocycles. The van der Waals surface area contributed by atoms with Gasteiger partial charge in [0.25, 0.3) is 0 Å². The van der Waals surface area contributed by atoms with E-state index in [-0.39, 0.29) is 6.61 Å². The number of carbonyl (C=O) groups excluding carboxylic acids is 2. The molecule has 0 amide bonds. The van der Waals surface area contributed by atoms with Crippen LogP contribution in [-0.2, 0) is 24.0 Å². The monoisotopic (exact) mass is 320 g/mol. The van der Waals surface area contributed by atoms with Crippen LogP contribution in [-0.4, -0.2) is 47.6 Å². The third-order valence-electron chi connectivity index (χ3n) is 3.74. The first-order valence-electron chi connectivity index (χ1n) is 7.13. The van der Waals surface area contributed by atoms with E-state index >= 15 is 0 Å². The molecule has 23 heavy (non-hydrogen) atoms. The number of aliphatic hydroxyl groups is 1. The Morgan fingerprint density at radius 2 is 2.04 bits per heavy atom. The molecular weight excluding hydrogens is 304 g/mol. The summed E-state index contributed by atoms with van der Waals surface area (Å²) in [7, 11) is 0. The van der Waals surface area contributed by atoms with E-state index in [9.17, 15) is 14.7 Å². The highest BCUT2D eigenvalue weighted by molar-refractivity contribution is 5.89. The molecular formula is C16H16O7. The van der Waals surface area contributed by atoms with Crippen molar-refractivity contribution >= 4 is 11.9 Å². The van der Waals surface area contributed by atoms with E-state index in [1.54, 1.807) is 42.5 Å². The van der Waals surface area contributed by atoms with Crippen LogP contribution in [0.5, 0.6) is 0 Å². The van der Waals surface area contributed by atoms with E-state index in [0.29, 0.717) is 5.56 Å². The summed E-state index contributed by atoms with van der Waals surface area (Å²) < 4.78 is 10.4. The minimum atomic E-state index is -1.37. The minimum Gasteiger partial charge on any atom is -0.458 e. The van der Waals surface area contributed by atoms with Gasteiger partial charge in [-0.3, -0.25) is 4.79 Å². The molecule has 1 aromatic rings. The van der Waals surface area contributed by atoms with Crippen LogP contribution in [0.15, 0.2) is 42.5 Å². The Morgan fingerprint density at radius 3 is 2.65 bits per heavy atom. The molecule has 2 heterocycles. The normalized spacial score (nSPS) is 31.7. The van der Waals surface area contributed by atoms with E-state index in [2.05, 4.69) is 0 Å². The fourth-order valence-corrected chi connectivity index (χ4v) is 2.58. The summed E-state index contributed by atoms with van der Waals surface area (Å²) in [6.07, 6.45) is 0.316. The molecule has 1 N–H and O–H groups in total. The number of aliphatic hydroxyl groups excluding tert-OH is 1. The van der Waals surface area contributed by atoms with E-state index in [1.165, 1.54) is 6.92 Å². The second kappa shape index (κ2) is 6.11. The van der Waals surface area contributed by atoms with E-state index in [0.717, 1.165) is 0 Å². The molecule has 122 valence electrons. The lowest BCUT2D eigenvalue weighted by atomic mass is 9.84. The van der Waals surface area contributed by atoms with Gasteiger partial charge in [-0.2, -0.15) is 0 Å². The SMILES string of the molecule is CC(=O)O[C@H]1[C@H](O)[C@@H]2C=C[C@@]1(COC(=O)c1ccccc1)OO2. The molecule has 1 saturated heterocycles. The molecule has 0 radical (unpaired) electrons. The van der Waals surface area contributed by atoms with Gasteiger partial charge in [-0.1, -0.05) is 24.3 Å². The molecule has 4 rings (SSSR count). The van der Waals surface area contributed by atoms with Crippen LogP contribution in [0.2, 0.25) is 0 Å². The molecule has 0 spiro atoms. The van der Waals surface area contributed by atoms with Gasteiger partial charge in [0, 0.05) is 6.92 Å². The average Bonchev–Trinajstić information content (AvgIpc) is 2.57. The van der Waals surface area contributed by atoms with Gasteiger partial charge in [-0.05, 0) is 18.2 Å². The lowest BCUT2D eigenvalue weighted by molar-refractivity contribution is -0.438. The Morgan fingerprint density at radius 1 is 1.30 bits per heavy atom. The highest BCUT2D eigenvalue weighted by Crippen LogP contribution is 2.37. The number of fused-ring (bicyclic) bond motifs is 2. The third kappa shape index (κ3) is 2.98. The first-order chi connectivity index (χ1) is 11.0. The van der Waals surface area contributed by atoms with Gasteiger partial charge in [0.15, 0.2) is 11.7 Å². The standard InChI is InChI=1S/C16H16O7/c1-10(17)21-14-13(18)12-7-8-16(14,23-22-12)9-20-15(19)11-5-3-2-4-6-11/h2-8,12-14,18H,9H2,1H3/t12-,13+,14-,16-/m0/s1. The molecule has 1 fully saturated rings. The van der Waals surface area contributed by atoms with Crippen LogP contribution in [0.25, 0.3) is 0 Å². The van der Waals surface area contributed by atoms with Crippen LogP contribution in [0.1, 0.15) is 17.3 Å². The van der Waals surface area contributed by atoms with Crippen molar-refractivity contribution in [1.82, 2.24) is 0 Å². The van der Waals surface area contributed by atoms with Crippen molar-refractivity contribution in [3.63, 3.8) is 0 Å². The molecule has 1 aromatic carbocycles. The molecule has 0 aromatic heterocycles. The number of hydrogen-bond donors (Lipinski definition) is 1. The van der Waals surface area contributed by atoms with Crippen molar-refractivity contribution in [2.24, 2.45) is 0 Å². The number of hydrogen-bond acceptors (Lipinski definition) is 7. The highest BCUT2D eigenvalue weighted by atomic mass is 17.2. The Kier molecular flexibility index (Phi) is 4.16. The second-order valence-electron chi connectivity index (χ2n) is 5.42. The lowest BCUT2D eigenvalue weighted by Crippen LogP contribution is -2.65. The summed E-state index contributed by atoms with van der Waals surface area (Å²) >= 11 is 0. The number of benzene rings is 1. The first kappa shape index (κ1) is 15.7. The fourth-order valence-electron chi connectivity index (χ4n) is 2.58. The smallest absolute Gasteiger partial charge is 0.338 e. The zero-order valence-corrected chi connectivity index (χ0v) is 12.4. The highest BCUT2D eigenvalue weighted by Gasteiger charge is 2.56. The van der Waals surface area contributed by atoms with Gasteiger partial charge in [-0.25, -0.2) is 14.6 Å². The number of esters is 2. The van der Waals surface area contributed by atoms with Crippen molar-refractivity contribution in [2.75, 3.05) is 6.61 Å². The third-order valence-corrected chi connectivity index (χ3v) is 3.74. The fraction of sp³-hybridized carbons (Fsp3) is 0.375. The topological polar surface area (TPSA) is 91.3 Å². The molecule has 2 aliphatic heterocycles. The van der Waals surface area contributed by atoms with Gasteiger partial charge < -0.3 is 14.6 Å². The second-order valence-corrected chi connectivity index (χ2v) is 5.42. The predicted octanol–water partition coefficient (Wildman–Crippen LogP) is 0.775. The summed E-state index contributed by atoms with van der Waals surface area (Å²) in [6, 6.07) is 8.44. The average molecular weight is 320 g/mol. The molecule has 1 aliphatic carbocycles. The predicted molar refractivity (Wildman–Crippen MR) is 76.1 cm³/mol. The van der Waals surface area contributed by atoms with Crippen LogP contribution in [0.4, 0.5) is 0 Å². The van der Waals surface area contributed by atoms with E-state index in [1.807, 2.05) is 0 Å². The Bertz CT molecular complexity index is 627. The van der Waals surface area contributed by atoms with Crippen LogP contribution in [0.3, 0.4) is 0 Å². The first-order valence-corrected chi connectivity index (χ1v) is 7.13. The van der Waals surface area contributed by atoms with Crippen LogP contribution >= 0.6 is 0 Å². The molecule has 2 bridgehead atoms. The minimum absolute atomic E-state index is 0.265. The molecule has 7 nitrogen and oxygen atoms in total. The van der Waals surface area contributed by atoms with Gasteiger partial charge in [-0.15, -0.1) is 0 Å². The van der Waals surface area contributed by atoms with E-state index < -0.39 is 35.9 Å². The van der Waals surface area contributed by atoms with Gasteiger partial charge >= 0.3 is 11.9 Å². The van der Waals surface area contributed by atoms with Gasteiger partial charge in [0.2, 0.25) is 0 Å². The van der Waals surface area contributed by atoms with Crippen molar-refractivity contribution in [2.45, 2.75) is 30.8 Å². The van der Waals surface area contributed by atoms with Crippen molar-refractivity contribution < 1.29 is 33.9 Å². The Labute approximate surface area is 132 Å². The van der Waals surface area contributed by atoms with Crippen molar-refractivity contribution in [3.05, 3.63) is 48.0 Å². The summed E-state index contributed by atoms with van der Waals surface area (Å²) in [5.41, 5.74) is -0.993. The summed E-state index contributed by atoms with van der Waals surface area (Å²) in [5, 5.41) is 10.2. The zero-order valence-electron chi connectivity index (χ0n) is 12.4. The number of rotatable bonds is 4. The maximum atomic E-state index is 12.1. The van der Waals surface area contributed by atoms with Crippen molar-refractivity contribution in [3.8, 4) is 0 Å². The van der Waals surface area contributed by atoms with Gasteiger partial charge in [0.1, 0.15) is 18.8 Å². The van der Waals surface area contributed by atoms with Gasteiger partial charge in [0.05, 0.1) is 5.56 Å². The lowest BCUT2D eigenvalue weighted by Gasteiger charge is -2.47. The van der Waals surface area contributed by atoms with Crippen LogP contribution in [0, 0.1) is 0 Å². The maximum absolute atomic E-state index is 12.1. The number of ether oxygens (including phenoxy) is 2. The Balaban J connectivity index is 1.76. The maximum Gasteiger partial charge on any atom is 0.338 e. The zero-order chi connectivity index (χ0) is 16.4. The summed E-state index contributed by atoms with van der Waals surface area (Å²) in [5.74, 6) is -1.13. The number of carbonyl (C=O) groups is 2. The van der Waals surface area contributed by atoms with E-state index in [4.69, 9.17) is 19.2 Å². The van der Waals surface area contributed by atoms with Crippen molar-refractivity contribution in [1.29, 1.82) is 0 Å². The molecule has 0 unspecified atom stereocenters. The van der Waals surface area contributed by atoms with Crippen LogP contribution < -0.4 is 0 Å². The molecule has 3 aliphatic rings. The summed E-state index contributed by atoms with van der Waals surface area (Å²) in [6.45, 7) is 0.961. The molecule has 7 heteroatoms. The molecule has 4 atom stereocenters. The largest absolute Gasteiger partial charge is 0.458 e. The summed E-state index contributed by atoms with van der Waals surface area (Å²) in [4.78, 5) is 33.6.